The SMILES string of the molecule is CC(Nc1ccc(S(N)(=O)=O)cc1)=C1C(=O)Nc2ccc(-c3cnco3)cc21.CN(C)S(=O)(=O)c1ccc(NC=C2C(=O)Nc3ccc(-c4cnco4)cc32)cc1. The second kappa shape index (κ2) is 15.3. The lowest BCUT2D eigenvalue weighted by Crippen LogP contribution is -2.22. The first kappa shape index (κ1) is 38.4. The molecule has 0 fully saturated rings. The number of amides is 2. The van der Waals surface area contributed by atoms with Crippen LogP contribution >= 0.6 is 0 Å². The molecule has 18 heteroatoms. The van der Waals surface area contributed by atoms with Crippen LogP contribution in [0.25, 0.3) is 33.8 Å². The fraction of sp³-hybridized carbons (Fsp3) is 0.0769. The summed E-state index contributed by atoms with van der Waals surface area (Å²) in [5, 5.41) is 17.0. The van der Waals surface area contributed by atoms with Crippen LogP contribution in [0.3, 0.4) is 0 Å². The molecular formula is C39H34N8O8S2. The van der Waals surface area contributed by atoms with E-state index in [9.17, 15) is 26.4 Å². The summed E-state index contributed by atoms with van der Waals surface area (Å²) in [6, 6.07) is 23.3. The number of sulfonamides is 2. The van der Waals surface area contributed by atoms with Crippen molar-refractivity contribution in [1.82, 2.24) is 14.3 Å². The van der Waals surface area contributed by atoms with Crippen molar-refractivity contribution in [2.45, 2.75) is 16.7 Å². The van der Waals surface area contributed by atoms with E-state index in [0.717, 1.165) is 26.6 Å². The Kier molecular flexibility index (Phi) is 10.3. The van der Waals surface area contributed by atoms with E-state index >= 15 is 0 Å². The molecule has 4 aromatic carbocycles. The number of oxazole rings is 2. The zero-order valence-electron chi connectivity index (χ0n) is 30.5. The number of benzene rings is 4. The second-order valence-electron chi connectivity index (χ2n) is 12.9. The second-order valence-corrected chi connectivity index (χ2v) is 16.6. The van der Waals surface area contributed by atoms with E-state index in [2.05, 4.69) is 31.2 Å². The molecule has 57 heavy (non-hydrogen) atoms. The Hall–Kier alpha value is -6.86. The third kappa shape index (κ3) is 8.10. The largest absolute Gasteiger partial charge is 0.444 e. The number of aromatic nitrogens is 2. The quantitative estimate of drug-likeness (QED) is 0.109. The summed E-state index contributed by atoms with van der Waals surface area (Å²) >= 11 is 0. The number of hydrogen-bond donors (Lipinski definition) is 5. The van der Waals surface area contributed by atoms with Crippen LogP contribution in [0.4, 0.5) is 22.7 Å². The van der Waals surface area contributed by atoms with E-state index in [0.29, 0.717) is 51.1 Å². The number of hydrogen-bond acceptors (Lipinski definition) is 12. The molecule has 8 rings (SSSR count). The highest BCUT2D eigenvalue weighted by Gasteiger charge is 2.28. The van der Waals surface area contributed by atoms with Gasteiger partial charge in [-0.1, -0.05) is 0 Å². The van der Waals surface area contributed by atoms with Crippen LogP contribution < -0.4 is 26.4 Å². The van der Waals surface area contributed by atoms with Gasteiger partial charge in [-0.2, -0.15) is 0 Å². The highest BCUT2D eigenvalue weighted by molar-refractivity contribution is 7.89. The summed E-state index contributed by atoms with van der Waals surface area (Å²) in [4.78, 5) is 32.9. The van der Waals surface area contributed by atoms with Crippen LogP contribution in [-0.4, -0.2) is 57.0 Å². The summed E-state index contributed by atoms with van der Waals surface area (Å²) in [7, 11) is -4.28. The Bertz CT molecular complexity index is 2780. The molecule has 4 heterocycles. The molecular weight excluding hydrogens is 773 g/mol. The molecule has 0 spiro atoms. The number of nitrogens with one attached hydrogen (secondary N) is 4. The van der Waals surface area contributed by atoms with Gasteiger partial charge in [0.1, 0.15) is 0 Å². The van der Waals surface area contributed by atoms with Gasteiger partial charge in [-0.15, -0.1) is 0 Å². The van der Waals surface area contributed by atoms with Gasteiger partial charge in [0.05, 0.1) is 33.3 Å². The topological polar surface area (TPSA) is 232 Å². The first-order chi connectivity index (χ1) is 27.2. The molecule has 6 aromatic rings. The van der Waals surface area contributed by atoms with E-state index < -0.39 is 20.0 Å². The molecule has 6 N–H and O–H groups in total. The Morgan fingerprint density at radius 1 is 0.719 bits per heavy atom. The van der Waals surface area contributed by atoms with Gasteiger partial charge in [-0.3, -0.25) is 9.59 Å². The van der Waals surface area contributed by atoms with Gasteiger partial charge in [-0.25, -0.2) is 36.2 Å². The van der Waals surface area contributed by atoms with Gasteiger partial charge in [-0.05, 0) is 91.9 Å². The van der Waals surface area contributed by atoms with Crippen LogP contribution in [0.2, 0.25) is 0 Å². The van der Waals surface area contributed by atoms with Crippen LogP contribution in [0.5, 0.6) is 0 Å². The molecule has 2 aliphatic heterocycles. The normalized spacial score (nSPS) is 15.0. The Morgan fingerprint density at radius 3 is 1.79 bits per heavy atom. The summed E-state index contributed by atoms with van der Waals surface area (Å²) < 4.78 is 58.8. The number of nitrogens with zero attached hydrogens (tertiary/aromatic N) is 3. The maximum Gasteiger partial charge on any atom is 0.258 e. The zero-order valence-corrected chi connectivity index (χ0v) is 32.1. The number of fused-ring (bicyclic) bond motifs is 2. The van der Waals surface area contributed by atoms with Crippen molar-refractivity contribution < 1.29 is 35.3 Å². The standard InChI is InChI=1S/C20H18N4O4S.C19H16N4O4S/c1-24(2)29(26,27)15-6-4-14(5-7-15)22-10-17-16-9-13(19-11-21-12-28-19)3-8-18(16)23-20(17)25;1-11(22-13-3-5-14(6-4-13)28(20,25)26)18-15-8-12(17-9-21-10-27-17)2-7-16(15)23-19(18)24/h3-12,22H,1-2H3,(H,23,25);2-10,22H,1H3,(H,23,24)(H2,20,25,26). The molecule has 2 amide bonds. The fourth-order valence-corrected chi connectivity index (χ4v) is 7.41. The Labute approximate surface area is 327 Å². The third-order valence-corrected chi connectivity index (χ3v) is 11.7. The van der Waals surface area contributed by atoms with Crippen LogP contribution in [0.1, 0.15) is 18.1 Å². The highest BCUT2D eigenvalue weighted by Crippen LogP contribution is 2.38. The average molecular weight is 807 g/mol. The Morgan fingerprint density at radius 2 is 1.25 bits per heavy atom. The van der Waals surface area contributed by atoms with Gasteiger partial charge in [0.2, 0.25) is 20.0 Å². The van der Waals surface area contributed by atoms with Gasteiger partial charge >= 0.3 is 0 Å². The lowest BCUT2D eigenvalue weighted by molar-refractivity contribution is -0.111. The van der Waals surface area contributed by atoms with Gasteiger partial charge in [0, 0.05) is 71.0 Å². The predicted molar refractivity (Wildman–Crippen MR) is 214 cm³/mol. The molecule has 0 saturated carbocycles. The van der Waals surface area contributed by atoms with Crippen molar-refractivity contribution in [2.75, 3.05) is 35.4 Å². The van der Waals surface area contributed by atoms with Crippen molar-refractivity contribution >= 4 is 65.8 Å². The number of anilines is 4. The first-order valence-corrected chi connectivity index (χ1v) is 20.0. The molecule has 2 aliphatic rings. The number of allylic oxidation sites excluding steroid dienone is 1. The molecule has 2 aromatic heterocycles. The molecule has 0 aliphatic carbocycles. The van der Waals surface area contributed by atoms with Gasteiger partial charge in [0.15, 0.2) is 24.3 Å². The van der Waals surface area contributed by atoms with E-state index in [1.54, 1.807) is 49.8 Å². The van der Waals surface area contributed by atoms with Crippen molar-refractivity contribution in [3.05, 3.63) is 133 Å². The monoisotopic (exact) mass is 806 g/mol. The number of carbonyl (C=O) groups is 2. The van der Waals surface area contributed by atoms with E-state index in [1.165, 1.54) is 51.1 Å². The molecule has 0 unspecified atom stereocenters. The smallest absolute Gasteiger partial charge is 0.258 e. The lowest BCUT2D eigenvalue weighted by Gasteiger charge is -2.11. The molecule has 290 valence electrons. The summed E-state index contributed by atoms with van der Waals surface area (Å²) in [6.45, 7) is 1.78. The Balaban J connectivity index is 0.000000174. The van der Waals surface area contributed by atoms with Crippen LogP contribution in [-0.2, 0) is 29.6 Å². The van der Waals surface area contributed by atoms with Crippen LogP contribution in [0.15, 0.2) is 141 Å². The van der Waals surface area contributed by atoms with Crippen molar-refractivity contribution in [2.24, 2.45) is 5.14 Å². The average Bonchev–Trinajstić information content (AvgIpc) is 4.01. The van der Waals surface area contributed by atoms with E-state index in [1.807, 2.05) is 36.4 Å². The first-order valence-electron chi connectivity index (χ1n) is 17.0. The van der Waals surface area contributed by atoms with Crippen molar-refractivity contribution in [3.8, 4) is 22.6 Å². The molecule has 0 atom stereocenters. The fourth-order valence-electron chi connectivity index (χ4n) is 5.99. The van der Waals surface area contributed by atoms with E-state index in [-0.39, 0.29) is 21.6 Å². The molecule has 16 nitrogen and oxygen atoms in total. The lowest BCUT2D eigenvalue weighted by atomic mass is 10.0. The number of carbonyl (C=O) groups excluding carboxylic acids is 2. The van der Waals surface area contributed by atoms with Gasteiger partial charge < -0.3 is 30.1 Å². The van der Waals surface area contributed by atoms with Crippen LogP contribution in [0, 0.1) is 0 Å². The minimum Gasteiger partial charge on any atom is -0.444 e. The number of nitrogens with two attached hydrogens (primary N) is 1. The molecule has 0 bridgehead atoms. The number of rotatable bonds is 9. The third-order valence-electron chi connectivity index (χ3n) is 8.91. The zero-order chi connectivity index (χ0) is 40.5. The molecule has 0 saturated heterocycles. The minimum absolute atomic E-state index is 0.0176. The number of primary sulfonamides is 1. The maximum atomic E-state index is 12.5. The van der Waals surface area contributed by atoms with Crippen molar-refractivity contribution in [1.29, 1.82) is 0 Å². The summed E-state index contributed by atoms with van der Waals surface area (Å²) in [6.07, 6.45) is 7.51. The predicted octanol–water partition coefficient (Wildman–Crippen LogP) is 5.78. The highest BCUT2D eigenvalue weighted by atomic mass is 32.2. The molecule has 0 radical (unpaired) electrons. The van der Waals surface area contributed by atoms with Gasteiger partial charge in [0.25, 0.3) is 11.8 Å². The maximum absolute atomic E-state index is 12.5. The van der Waals surface area contributed by atoms with E-state index in [4.69, 9.17) is 14.0 Å². The van der Waals surface area contributed by atoms with Crippen molar-refractivity contribution in [3.63, 3.8) is 0 Å². The summed E-state index contributed by atoms with van der Waals surface area (Å²) in [5.41, 5.74) is 7.36. The minimum atomic E-state index is -3.76. The summed E-state index contributed by atoms with van der Waals surface area (Å²) in [5.74, 6) is 0.757.